The molecule has 0 radical (unpaired) electrons. The monoisotopic (exact) mass is 414 g/mol. The summed E-state index contributed by atoms with van der Waals surface area (Å²) in [5, 5.41) is 0. The summed E-state index contributed by atoms with van der Waals surface area (Å²) >= 11 is 0. The van der Waals surface area contributed by atoms with E-state index in [1.165, 1.54) is 0 Å². The molecule has 2 heterocycles. The smallest absolute Gasteiger partial charge is 0.246 e. The van der Waals surface area contributed by atoms with Crippen LogP contribution in [0.1, 0.15) is 16.8 Å². The first kappa shape index (κ1) is 20.6. The summed E-state index contributed by atoms with van der Waals surface area (Å²) in [4.78, 5) is 25.1. The Hall–Kier alpha value is -3.67. The molecule has 31 heavy (non-hydrogen) atoms. The van der Waals surface area contributed by atoms with Gasteiger partial charge in [0.15, 0.2) is 0 Å². The molecular formula is C25H26N4O2. The number of ether oxygens (including phenoxy) is 1. The minimum absolute atomic E-state index is 0.0305. The van der Waals surface area contributed by atoms with Gasteiger partial charge in [-0.25, -0.2) is 9.97 Å². The van der Waals surface area contributed by atoms with Crippen molar-refractivity contribution in [1.82, 2.24) is 14.9 Å². The number of benzene rings is 2. The molecule has 1 aromatic heterocycles. The number of aryl methyl sites for hydroxylation is 1. The molecule has 158 valence electrons. The number of carbonyl (C=O) groups is 1. The van der Waals surface area contributed by atoms with Gasteiger partial charge in [0.2, 0.25) is 5.91 Å². The predicted molar refractivity (Wildman–Crippen MR) is 122 cm³/mol. The van der Waals surface area contributed by atoms with E-state index in [9.17, 15) is 4.79 Å². The standard InChI is InChI=1S/C25H26N4O2/c1-20-17-24(27-19-26-20)28-13-15-29(16-14-28)25(30)12-9-21-7-10-23(11-8-21)31-18-22-5-3-2-4-6-22/h2-12,17,19H,13-16,18H2,1H3/b12-9+. The number of hydrogen-bond donors (Lipinski definition) is 0. The van der Waals surface area contributed by atoms with Crippen molar-refractivity contribution in [2.45, 2.75) is 13.5 Å². The average molecular weight is 415 g/mol. The van der Waals surface area contributed by atoms with Gasteiger partial charge in [0.25, 0.3) is 0 Å². The fourth-order valence-electron chi connectivity index (χ4n) is 3.46. The fourth-order valence-corrected chi connectivity index (χ4v) is 3.46. The van der Waals surface area contributed by atoms with Gasteiger partial charge < -0.3 is 14.5 Å². The second-order valence-corrected chi connectivity index (χ2v) is 7.51. The molecule has 1 saturated heterocycles. The lowest BCUT2D eigenvalue weighted by molar-refractivity contribution is -0.126. The van der Waals surface area contributed by atoms with Gasteiger partial charge in [-0.1, -0.05) is 42.5 Å². The topological polar surface area (TPSA) is 58.6 Å². The second kappa shape index (κ2) is 9.89. The molecule has 1 amide bonds. The Balaban J connectivity index is 1.26. The number of amides is 1. The van der Waals surface area contributed by atoms with E-state index in [1.54, 1.807) is 12.4 Å². The predicted octanol–water partition coefficient (Wildman–Crippen LogP) is 3.73. The Bertz CT molecular complexity index is 1030. The molecule has 0 unspecified atom stereocenters. The van der Waals surface area contributed by atoms with Crippen molar-refractivity contribution in [1.29, 1.82) is 0 Å². The lowest BCUT2D eigenvalue weighted by Crippen LogP contribution is -2.48. The summed E-state index contributed by atoms with van der Waals surface area (Å²) in [6.07, 6.45) is 5.08. The van der Waals surface area contributed by atoms with Crippen molar-refractivity contribution in [3.8, 4) is 5.75 Å². The molecule has 2 aromatic carbocycles. The summed E-state index contributed by atoms with van der Waals surface area (Å²) in [5.41, 5.74) is 3.05. The van der Waals surface area contributed by atoms with Crippen LogP contribution in [0.15, 0.2) is 73.1 Å². The van der Waals surface area contributed by atoms with Crippen LogP contribution in [0, 0.1) is 6.92 Å². The first-order valence-electron chi connectivity index (χ1n) is 10.4. The molecule has 6 nitrogen and oxygen atoms in total. The van der Waals surface area contributed by atoms with E-state index >= 15 is 0 Å². The van der Waals surface area contributed by atoms with Crippen molar-refractivity contribution >= 4 is 17.8 Å². The highest BCUT2D eigenvalue weighted by atomic mass is 16.5. The molecule has 0 saturated carbocycles. The molecule has 0 spiro atoms. The molecule has 0 atom stereocenters. The molecule has 1 aliphatic heterocycles. The largest absolute Gasteiger partial charge is 0.489 e. The summed E-state index contributed by atoms with van der Waals surface area (Å²) < 4.78 is 5.81. The Morgan fingerprint density at radius 3 is 2.45 bits per heavy atom. The third-order valence-corrected chi connectivity index (χ3v) is 5.25. The van der Waals surface area contributed by atoms with Crippen LogP contribution in [0.2, 0.25) is 0 Å². The van der Waals surface area contributed by atoms with E-state index in [-0.39, 0.29) is 5.91 Å². The van der Waals surface area contributed by atoms with E-state index in [2.05, 4.69) is 14.9 Å². The number of piperazine rings is 1. The first-order chi connectivity index (χ1) is 15.2. The van der Waals surface area contributed by atoms with Crippen LogP contribution >= 0.6 is 0 Å². The summed E-state index contributed by atoms with van der Waals surface area (Å²) in [6.45, 7) is 5.39. The molecule has 0 N–H and O–H groups in total. The Kier molecular flexibility index (Phi) is 6.57. The molecule has 1 fully saturated rings. The SMILES string of the molecule is Cc1cc(N2CCN(C(=O)/C=C/c3ccc(OCc4ccccc4)cc3)CC2)ncn1. The van der Waals surface area contributed by atoms with Crippen molar-refractivity contribution in [3.63, 3.8) is 0 Å². The van der Waals surface area contributed by atoms with Crippen LogP contribution in [0.4, 0.5) is 5.82 Å². The maximum absolute atomic E-state index is 12.6. The van der Waals surface area contributed by atoms with E-state index in [1.807, 2.05) is 78.6 Å². The van der Waals surface area contributed by atoms with Crippen LogP contribution in [0.3, 0.4) is 0 Å². The number of carbonyl (C=O) groups excluding carboxylic acids is 1. The van der Waals surface area contributed by atoms with Crippen molar-refractivity contribution in [2.24, 2.45) is 0 Å². The van der Waals surface area contributed by atoms with Gasteiger partial charge in [-0.3, -0.25) is 4.79 Å². The van der Waals surface area contributed by atoms with E-state index in [4.69, 9.17) is 4.74 Å². The normalized spacial score (nSPS) is 14.1. The highest BCUT2D eigenvalue weighted by molar-refractivity contribution is 5.92. The van der Waals surface area contributed by atoms with Crippen molar-refractivity contribution in [3.05, 3.63) is 89.9 Å². The third-order valence-electron chi connectivity index (χ3n) is 5.25. The second-order valence-electron chi connectivity index (χ2n) is 7.51. The highest BCUT2D eigenvalue weighted by Crippen LogP contribution is 2.16. The van der Waals surface area contributed by atoms with Gasteiger partial charge in [-0.05, 0) is 36.3 Å². The maximum Gasteiger partial charge on any atom is 0.246 e. The minimum Gasteiger partial charge on any atom is -0.489 e. The van der Waals surface area contributed by atoms with Gasteiger partial charge in [0, 0.05) is 44.0 Å². The number of anilines is 1. The highest BCUT2D eigenvalue weighted by Gasteiger charge is 2.20. The van der Waals surface area contributed by atoms with Gasteiger partial charge in [0.1, 0.15) is 24.5 Å². The van der Waals surface area contributed by atoms with Gasteiger partial charge in [-0.2, -0.15) is 0 Å². The number of nitrogens with zero attached hydrogens (tertiary/aromatic N) is 4. The molecule has 4 rings (SSSR count). The average Bonchev–Trinajstić information content (AvgIpc) is 2.82. The number of rotatable bonds is 6. The van der Waals surface area contributed by atoms with Crippen LogP contribution < -0.4 is 9.64 Å². The summed E-state index contributed by atoms with van der Waals surface area (Å²) in [6, 6.07) is 19.8. The lowest BCUT2D eigenvalue weighted by atomic mass is 10.2. The van der Waals surface area contributed by atoms with E-state index in [0.717, 1.165) is 41.5 Å². The Labute approximate surface area is 182 Å². The Morgan fingerprint density at radius 1 is 1.00 bits per heavy atom. The Morgan fingerprint density at radius 2 is 1.74 bits per heavy atom. The van der Waals surface area contributed by atoms with E-state index < -0.39 is 0 Å². The zero-order valence-corrected chi connectivity index (χ0v) is 17.6. The lowest BCUT2D eigenvalue weighted by Gasteiger charge is -2.34. The van der Waals surface area contributed by atoms with Crippen LogP contribution in [0.5, 0.6) is 5.75 Å². The molecule has 6 heteroatoms. The zero-order valence-electron chi connectivity index (χ0n) is 17.6. The third kappa shape index (κ3) is 5.69. The minimum atomic E-state index is 0.0305. The van der Waals surface area contributed by atoms with Gasteiger partial charge >= 0.3 is 0 Å². The van der Waals surface area contributed by atoms with Crippen molar-refractivity contribution < 1.29 is 9.53 Å². The van der Waals surface area contributed by atoms with Crippen LogP contribution in [-0.4, -0.2) is 47.0 Å². The maximum atomic E-state index is 12.6. The molecular weight excluding hydrogens is 388 g/mol. The van der Waals surface area contributed by atoms with Gasteiger partial charge in [0.05, 0.1) is 0 Å². The van der Waals surface area contributed by atoms with Crippen LogP contribution in [-0.2, 0) is 11.4 Å². The van der Waals surface area contributed by atoms with E-state index in [0.29, 0.717) is 19.7 Å². The summed E-state index contributed by atoms with van der Waals surface area (Å²) in [7, 11) is 0. The van der Waals surface area contributed by atoms with Crippen LogP contribution in [0.25, 0.3) is 6.08 Å². The number of hydrogen-bond acceptors (Lipinski definition) is 5. The van der Waals surface area contributed by atoms with Crippen molar-refractivity contribution in [2.75, 3.05) is 31.1 Å². The fraction of sp³-hybridized carbons (Fsp3) is 0.240. The van der Waals surface area contributed by atoms with Gasteiger partial charge in [-0.15, -0.1) is 0 Å². The first-order valence-corrected chi connectivity index (χ1v) is 10.4. The molecule has 3 aromatic rings. The molecule has 0 bridgehead atoms. The molecule has 1 aliphatic rings. The zero-order chi connectivity index (χ0) is 21.5. The quantitative estimate of drug-likeness (QED) is 0.576. The number of aromatic nitrogens is 2. The summed E-state index contributed by atoms with van der Waals surface area (Å²) in [5.74, 6) is 1.76. The molecule has 0 aliphatic carbocycles.